The van der Waals surface area contributed by atoms with Crippen LogP contribution in [0.1, 0.15) is 11.1 Å². The van der Waals surface area contributed by atoms with Crippen LogP contribution >= 0.6 is 0 Å². The van der Waals surface area contributed by atoms with Crippen molar-refractivity contribution in [3.63, 3.8) is 0 Å². The van der Waals surface area contributed by atoms with Crippen LogP contribution in [-0.2, 0) is 18.3 Å². The average molecular weight is 320 g/mol. The second-order valence-electron chi connectivity index (χ2n) is 5.54. The summed E-state index contributed by atoms with van der Waals surface area (Å²) in [6, 6.07) is 14.0. The van der Waals surface area contributed by atoms with Crippen molar-refractivity contribution < 1.29 is 9.18 Å². The third-order valence-electron chi connectivity index (χ3n) is 3.78. The second-order valence-corrected chi connectivity index (χ2v) is 5.54. The number of nitrogens with one attached hydrogen (secondary N) is 1. The lowest BCUT2D eigenvalue weighted by Crippen LogP contribution is -2.25. The van der Waals surface area contributed by atoms with E-state index >= 15 is 0 Å². The lowest BCUT2D eigenvalue weighted by molar-refractivity contribution is -0.120. The smallest absolute Gasteiger partial charge is 0.225 e. The van der Waals surface area contributed by atoms with E-state index in [0.717, 1.165) is 22.0 Å². The molecule has 1 aromatic heterocycles. The number of halogens is 1. The Morgan fingerprint density at radius 1 is 1.17 bits per heavy atom. The number of hydrogen-bond donors (Lipinski definition) is 1. The normalized spacial score (nSPS) is 10.2. The van der Waals surface area contributed by atoms with E-state index in [4.69, 9.17) is 0 Å². The fourth-order valence-corrected chi connectivity index (χ4v) is 2.62. The molecule has 3 aromatic rings. The van der Waals surface area contributed by atoms with Crippen LogP contribution in [0.15, 0.2) is 54.7 Å². The van der Waals surface area contributed by atoms with Gasteiger partial charge in [-0.15, -0.1) is 0 Å². The van der Waals surface area contributed by atoms with Crippen LogP contribution in [0, 0.1) is 17.7 Å². The van der Waals surface area contributed by atoms with Crippen LogP contribution < -0.4 is 5.32 Å². The monoisotopic (exact) mass is 320 g/mol. The van der Waals surface area contributed by atoms with Crippen molar-refractivity contribution in [2.75, 3.05) is 6.54 Å². The van der Waals surface area contributed by atoms with E-state index in [9.17, 15) is 9.18 Å². The Kier molecular flexibility index (Phi) is 4.62. The number of carbonyl (C=O) groups excluding carboxylic acids is 1. The summed E-state index contributed by atoms with van der Waals surface area (Å²) in [6.45, 7) is 0.265. The molecular weight excluding hydrogens is 303 g/mol. The molecule has 0 radical (unpaired) electrons. The number of para-hydroxylation sites is 1. The van der Waals surface area contributed by atoms with Crippen molar-refractivity contribution in [2.45, 2.75) is 6.42 Å². The first-order valence-electron chi connectivity index (χ1n) is 7.67. The van der Waals surface area contributed by atoms with Crippen LogP contribution in [0.25, 0.3) is 10.9 Å². The third-order valence-corrected chi connectivity index (χ3v) is 3.78. The molecule has 0 aliphatic carbocycles. The van der Waals surface area contributed by atoms with Crippen LogP contribution in [-0.4, -0.2) is 17.0 Å². The lowest BCUT2D eigenvalue weighted by Gasteiger charge is -2.00. The number of fused-ring (bicyclic) bond motifs is 1. The zero-order valence-corrected chi connectivity index (χ0v) is 13.3. The topological polar surface area (TPSA) is 34.0 Å². The minimum absolute atomic E-state index is 0.0697. The van der Waals surface area contributed by atoms with Crippen molar-refractivity contribution in [1.29, 1.82) is 0 Å². The summed E-state index contributed by atoms with van der Waals surface area (Å²) in [4.78, 5) is 12.1. The molecule has 0 aliphatic rings. The van der Waals surface area contributed by atoms with Crippen molar-refractivity contribution >= 4 is 16.8 Å². The van der Waals surface area contributed by atoms with Crippen LogP contribution in [0.4, 0.5) is 4.39 Å². The number of benzene rings is 2. The number of aryl methyl sites for hydroxylation is 1. The first-order valence-corrected chi connectivity index (χ1v) is 7.67. The predicted molar refractivity (Wildman–Crippen MR) is 92.9 cm³/mol. The summed E-state index contributed by atoms with van der Waals surface area (Å²) < 4.78 is 14.8. The number of aromatic nitrogens is 1. The number of amides is 1. The van der Waals surface area contributed by atoms with Gasteiger partial charge in [-0.1, -0.05) is 30.0 Å². The zero-order valence-electron chi connectivity index (χ0n) is 13.3. The van der Waals surface area contributed by atoms with Crippen molar-refractivity contribution in [1.82, 2.24) is 9.88 Å². The highest BCUT2D eigenvalue weighted by atomic mass is 19.1. The number of rotatable bonds is 3. The Labute approximate surface area is 140 Å². The molecular formula is C20H17FN2O. The maximum Gasteiger partial charge on any atom is 0.225 e. The first-order chi connectivity index (χ1) is 11.6. The largest absolute Gasteiger partial charge is 0.350 e. The summed E-state index contributed by atoms with van der Waals surface area (Å²) in [6.07, 6.45) is 2.30. The van der Waals surface area contributed by atoms with Gasteiger partial charge in [0, 0.05) is 29.7 Å². The van der Waals surface area contributed by atoms with Crippen molar-refractivity contribution in [3.05, 3.63) is 71.7 Å². The molecule has 0 saturated heterocycles. The van der Waals surface area contributed by atoms with Crippen LogP contribution in [0.3, 0.4) is 0 Å². The fourth-order valence-electron chi connectivity index (χ4n) is 2.62. The minimum atomic E-state index is -0.288. The third kappa shape index (κ3) is 3.64. The highest BCUT2D eigenvalue weighted by Gasteiger charge is 2.09. The molecule has 1 heterocycles. The number of hydrogen-bond acceptors (Lipinski definition) is 1. The number of carbonyl (C=O) groups is 1. The highest BCUT2D eigenvalue weighted by Crippen LogP contribution is 2.20. The van der Waals surface area contributed by atoms with E-state index in [1.54, 1.807) is 12.1 Å². The van der Waals surface area contributed by atoms with E-state index in [-0.39, 0.29) is 18.3 Å². The highest BCUT2D eigenvalue weighted by molar-refractivity contribution is 5.89. The molecule has 0 fully saturated rings. The van der Waals surface area contributed by atoms with Gasteiger partial charge in [-0.3, -0.25) is 4.79 Å². The molecule has 0 spiro atoms. The van der Waals surface area contributed by atoms with Gasteiger partial charge in [-0.05, 0) is 35.9 Å². The van der Waals surface area contributed by atoms with E-state index in [2.05, 4.69) is 17.2 Å². The molecule has 4 heteroatoms. The number of nitrogens with zero attached hydrogens (tertiary/aromatic N) is 1. The summed E-state index contributed by atoms with van der Waals surface area (Å²) in [5.74, 6) is 5.40. The fraction of sp³-hybridized carbons (Fsp3) is 0.150. The molecule has 24 heavy (non-hydrogen) atoms. The molecule has 120 valence electrons. The molecule has 0 atom stereocenters. The molecule has 0 saturated carbocycles. The van der Waals surface area contributed by atoms with Gasteiger partial charge in [-0.2, -0.15) is 0 Å². The van der Waals surface area contributed by atoms with Gasteiger partial charge >= 0.3 is 0 Å². The Morgan fingerprint density at radius 2 is 1.92 bits per heavy atom. The molecule has 0 bridgehead atoms. The SMILES string of the molecule is Cn1cc(CC(=O)NCC#Cc2ccc(F)cc2)c2ccccc21. The summed E-state index contributed by atoms with van der Waals surface area (Å²) in [5.41, 5.74) is 2.83. The van der Waals surface area contributed by atoms with Crippen molar-refractivity contribution in [2.24, 2.45) is 7.05 Å². The molecule has 0 aliphatic heterocycles. The van der Waals surface area contributed by atoms with Crippen LogP contribution in [0.5, 0.6) is 0 Å². The summed E-state index contributed by atoms with van der Waals surface area (Å²) >= 11 is 0. The molecule has 3 rings (SSSR count). The maximum atomic E-state index is 12.8. The van der Waals surface area contributed by atoms with Crippen LogP contribution in [0.2, 0.25) is 0 Å². The van der Waals surface area contributed by atoms with Gasteiger partial charge in [-0.25, -0.2) is 4.39 Å². The van der Waals surface area contributed by atoms with E-state index in [0.29, 0.717) is 6.42 Å². The Hall–Kier alpha value is -3.06. The molecule has 2 aromatic carbocycles. The van der Waals surface area contributed by atoms with Gasteiger partial charge in [0.2, 0.25) is 5.91 Å². The Bertz CT molecular complexity index is 930. The molecule has 1 N–H and O–H groups in total. The van der Waals surface area contributed by atoms with Gasteiger partial charge in [0.05, 0.1) is 13.0 Å². The average Bonchev–Trinajstić information content (AvgIpc) is 2.90. The maximum absolute atomic E-state index is 12.8. The second kappa shape index (κ2) is 7.01. The zero-order chi connectivity index (χ0) is 16.9. The minimum Gasteiger partial charge on any atom is -0.350 e. The van der Waals surface area contributed by atoms with Gasteiger partial charge in [0.25, 0.3) is 0 Å². The van der Waals surface area contributed by atoms with E-state index in [1.807, 2.05) is 42.1 Å². The molecule has 3 nitrogen and oxygen atoms in total. The standard InChI is InChI=1S/C20H17FN2O/c1-23-14-16(18-6-2-3-7-19(18)23)13-20(24)22-12-4-5-15-8-10-17(21)11-9-15/h2-3,6-11,14H,12-13H2,1H3,(H,22,24). The molecule has 0 unspecified atom stereocenters. The van der Waals surface area contributed by atoms with Gasteiger partial charge in [0.15, 0.2) is 0 Å². The quantitative estimate of drug-likeness (QED) is 0.740. The van der Waals surface area contributed by atoms with Crippen molar-refractivity contribution in [3.8, 4) is 11.8 Å². The predicted octanol–water partition coefficient (Wildman–Crippen LogP) is 3.03. The van der Waals surface area contributed by atoms with Gasteiger partial charge in [0.1, 0.15) is 5.82 Å². The molecule has 1 amide bonds. The lowest BCUT2D eigenvalue weighted by atomic mass is 10.1. The Balaban J connectivity index is 1.59. The summed E-state index contributed by atoms with van der Waals surface area (Å²) in [5, 5.41) is 3.88. The Morgan fingerprint density at radius 3 is 2.71 bits per heavy atom. The summed E-state index contributed by atoms with van der Waals surface area (Å²) in [7, 11) is 1.97. The first kappa shape index (κ1) is 15.8. The van der Waals surface area contributed by atoms with Gasteiger partial charge < -0.3 is 9.88 Å². The van der Waals surface area contributed by atoms with E-state index < -0.39 is 0 Å². The van der Waals surface area contributed by atoms with E-state index in [1.165, 1.54) is 12.1 Å².